The fraction of sp³-hybridized carbons (Fsp3) is 0.200. The highest BCUT2D eigenvalue weighted by Crippen LogP contribution is 2.46. The van der Waals surface area contributed by atoms with Crippen molar-refractivity contribution in [3.05, 3.63) is 46.8 Å². The molecule has 2 aromatic carbocycles. The molecule has 0 bridgehead atoms. The maximum atomic E-state index is 11.7. The van der Waals surface area contributed by atoms with Crippen molar-refractivity contribution in [3.63, 3.8) is 0 Å². The van der Waals surface area contributed by atoms with Crippen molar-refractivity contribution >= 4 is 17.6 Å². The summed E-state index contributed by atoms with van der Waals surface area (Å²) in [7, 11) is 4.56. The molecule has 7 heteroatoms. The van der Waals surface area contributed by atoms with Gasteiger partial charge >= 0.3 is 0 Å². The van der Waals surface area contributed by atoms with Gasteiger partial charge in [0.25, 0.3) is 0 Å². The van der Waals surface area contributed by atoms with Gasteiger partial charge in [-0.1, -0.05) is 24.3 Å². The van der Waals surface area contributed by atoms with E-state index in [2.05, 4.69) is 0 Å². The fourth-order valence-corrected chi connectivity index (χ4v) is 3.65. The van der Waals surface area contributed by atoms with E-state index in [1.54, 1.807) is 6.07 Å². The highest BCUT2D eigenvalue weighted by Gasteiger charge is 2.23. The third-order valence-corrected chi connectivity index (χ3v) is 5.08. The zero-order chi connectivity index (χ0) is 19.4. The Labute approximate surface area is 161 Å². The first kappa shape index (κ1) is 18.9. The molecule has 0 saturated carbocycles. The average Bonchev–Trinajstić information content (AvgIpc) is 3.21. The summed E-state index contributed by atoms with van der Waals surface area (Å²) in [4.78, 5) is 16.4. The normalized spacial score (nSPS) is 10.5. The van der Waals surface area contributed by atoms with Crippen LogP contribution in [0.5, 0.6) is 17.2 Å². The number of benzene rings is 2. The summed E-state index contributed by atoms with van der Waals surface area (Å²) in [5, 5.41) is 2.73. The lowest BCUT2D eigenvalue weighted by Crippen LogP contribution is -2.00. The Balaban J connectivity index is 2.13. The molecule has 0 unspecified atom stereocenters. The number of carbonyl (C=O) groups is 1. The van der Waals surface area contributed by atoms with Crippen LogP contribution in [0.3, 0.4) is 0 Å². The summed E-state index contributed by atoms with van der Waals surface area (Å²) in [6, 6.07) is 9.54. The molecular weight excluding hydrogens is 364 g/mol. The van der Waals surface area contributed by atoms with E-state index in [9.17, 15) is 4.79 Å². The number of thiazole rings is 1. The van der Waals surface area contributed by atoms with Crippen LogP contribution in [0.2, 0.25) is 0 Å². The number of aldehydes is 1. The smallest absolute Gasteiger partial charge is 0.204 e. The van der Waals surface area contributed by atoms with Crippen molar-refractivity contribution in [2.24, 2.45) is 5.73 Å². The first-order valence-corrected chi connectivity index (χ1v) is 9.08. The van der Waals surface area contributed by atoms with Crippen molar-refractivity contribution < 1.29 is 19.0 Å². The molecule has 0 aliphatic carbocycles. The maximum Gasteiger partial charge on any atom is 0.204 e. The van der Waals surface area contributed by atoms with Gasteiger partial charge in [0.2, 0.25) is 5.75 Å². The van der Waals surface area contributed by atoms with E-state index in [1.165, 1.54) is 32.7 Å². The Morgan fingerprint density at radius 3 is 2.33 bits per heavy atom. The van der Waals surface area contributed by atoms with Crippen LogP contribution in [0, 0.1) is 0 Å². The van der Waals surface area contributed by atoms with Gasteiger partial charge in [0, 0.05) is 23.1 Å². The number of hydrogen-bond donors (Lipinski definition) is 1. The zero-order valence-corrected chi connectivity index (χ0v) is 16.1. The van der Waals surface area contributed by atoms with Gasteiger partial charge in [-0.05, 0) is 11.6 Å². The highest BCUT2D eigenvalue weighted by atomic mass is 32.1. The number of nitrogens with zero attached hydrogens (tertiary/aromatic N) is 1. The topological polar surface area (TPSA) is 83.7 Å². The molecule has 1 aromatic heterocycles. The van der Waals surface area contributed by atoms with Crippen LogP contribution in [0.15, 0.2) is 35.7 Å². The molecule has 140 valence electrons. The van der Waals surface area contributed by atoms with E-state index in [0.717, 1.165) is 22.4 Å². The standard InChI is InChI=1S/C20H20N2O4S/c1-24-16-8-14(10-23)17(19(26-3)18(16)25-2)15-11-27-20(22-15)13-6-4-12(9-21)5-7-13/h4-8,10-11H,9,21H2,1-3H3. The van der Waals surface area contributed by atoms with Gasteiger partial charge in [-0.25, -0.2) is 4.98 Å². The maximum absolute atomic E-state index is 11.7. The molecule has 3 rings (SSSR count). The Morgan fingerprint density at radius 1 is 1.07 bits per heavy atom. The van der Waals surface area contributed by atoms with Crippen molar-refractivity contribution in [2.75, 3.05) is 21.3 Å². The second-order valence-corrected chi connectivity index (χ2v) is 6.52. The van der Waals surface area contributed by atoms with Crippen molar-refractivity contribution in [3.8, 4) is 39.1 Å². The second kappa shape index (κ2) is 8.20. The van der Waals surface area contributed by atoms with E-state index in [4.69, 9.17) is 24.9 Å². The molecule has 3 aromatic rings. The summed E-state index contributed by atoms with van der Waals surface area (Å²) in [6.07, 6.45) is 0.759. The minimum atomic E-state index is 0.411. The minimum absolute atomic E-state index is 0.411. The number of aromatic nitrogens is 1. The van der Waals surface area contributed by atoms with Gasteiger partial charge in [0.1, 0.15) is 5.01 Å². The summed E-state index contributed by atoms with van der Waals surface area (Å²) >= 11 is 1.49. The van der Waals surface area contributed by atoms with E-state index in [0.29, 0.717) is 40.6 Å². The molecule has 0 spiro atoms. The molecule has 0 aliphatic rings. The largest absolute Gasteiger partial charge is 0.493 e. The predicted molar refractivity (Wildman–Crippen MR) is 106 cm³/mol. The van der Waals surface area contributed by atoms with Crippen molar-refractivity contribution in [1.82, 2.24) is 4.98 Å². The Morgan fingerprint density at radius 2 is 1.78 bits per heavy atom. The third-order valence-electron chi connectivity index (χ3n) is 4.18. The van der Waals surface area contributed by atoms with Gasteiger partial charge in [0.15, 0.2) is 17.8 Å². The van der Waals surface area contributed by atoms with Crippen molar-refractivity contribution in [2.45, 2.75) is 6.54 Å². The van der Waals surface area contributed by atoms with Crippen molar-refractivity contribution in [1.29, 1.82) is 0 Å². The molecule has 0 saturated heterocycles. The lowest BCUT2D eigenvalue weighted by Gasteiger charge is -2.16. The molecule has 1 heterocycles. The highest BCUT2D eigenvalue weighted by molar-refractivity contribution is 7.13. The molecule has 0 radical (unpaired) electrons. The molecular formula is C20H20N2O4S. The number of methoxy groups -OCH3 is 3. The Kier molecular flexibility index (Phi) is 5.73. The lowest BCUT2D eigenvalue weighted by atomic mass is 10.0. The third kappa shape index (κ3) is 3.51. The molecule has 2 N–H and O–H groups in total. The van der Waals surface area contributed by atoms with E-state index in [1.807, 2.05) is 29.6 Å². The molecule has 27 heavy (non-hydrogen) atoms. The second-order valence-electron chi connectivity index (χ2n) is 5.67. The van der Waals surface area contributed by atoms with Crippen LogP contribution in [0.25, 0.3) is 21.8 Å². The molecule has 0 fully saturated rings. The summed E-state index contributed by atoms with van der Waals surface area (Å²) in [6.45, 7) is 0.495. The molecule has 0 aliphatic heterocycles. The number of hydrogen-bond acceptors (Lipinski definition) is 7. The average molecular weight is 384 g/mol. The summed E-state index contributed by atoms with van der Waals surface area (Å²) < 4.78 is 16.3. The minimum Gasteiger partial charge on any atom is -0.493 e. The number of nitrogens with two attached hydrogens (primary N) is 1. The molecule has 0 atom stereocenters. The number of carbonyl (C=O) groups excluding carboxylic acids is 1. The number of rotatable bonds is 7. The first-order chi connectivity index (χ1) is 13.2. The number of ether oxygens (including phenoxy) is 3. The Hall–Kier alpha value is -2.90. The Bertz CT molecular complexity index is 951. The van der Waals surface area contributed by atoms with Crippen LogP contribution >= 0.6 is 11.3 Å². The summed E-state index contributed by atoms with van der Waals surface area (Å²) in [5.41, 5.74) is 9.32. The van der Waals surface area contributed by atoms with Crippen LogP contribution in [-0.2, 0) is 6.54 Å². The SMILES string of the molecule is COc1cc(C=O)c(-c2csc(-c3ccc(CN)cc3)n2)c(OC)c1OC. The summed E-state index contributed by atoms with van der Waals surface area (Å²) in [5.74, 6) is 1.25. The van der Waals surface area contributed by atoms with E-state index in [-0.39, 0.29) is 0 Å². The van der Waals surface area contributed by atoms with Crippen LogP contribution in [-0.4, -0.2) is 32.6 Å². The lowest BCUT2D eigenvalue weighted by molar-refractivity contribution is 0.112. The first-order valence-electron chi connectivity index (χ1n) is 8.20. The van der Waals surface area contributed by atoms with Gasteiger partial charge in [-0.2, -0.15) is 0 Å². The zero-order valence-electron chi connectivity index (χ0n) is 15.3. The van der Waals surface area contributed by atoms with Crippen LogP contribution < -0.4 is 19.9 Å². The van der Waals surface area contributed by atoms with Gasteiger partial charge < -0.3 is 19.9 Å². The fourth-order valence-electron chi connectivity index (χ4n) is 2.84. The van der Waals surface area contributed by atoms with Crippen LogP contribution in [0.1, 0.15) is 15.9 Å². The quantitative estimate of drug-likeness (QED) is 0.624. The molecule has 6 nitrogen and oxygen atoms in total. The van der Waals surface area contributed by atoms with E-state index < -0.39 is 0 Å². The van der Waals surface area contributed by atoms with E-state index >= 15 is 0 Å². The van der Waals surface area contributed by atoms with Gasteiger partial charge in [-0.15, -0.1) is 11.3 Å². The van der Waals surface area contributed by atoms with Gasteiger partial charge in [0.05, 0.1) is 32.6 Å². The van der Waals surface area contributed by atoms with Gasteiger partial charge in [-0.3, -0.25) is 4.79 Å². The molecule has 0 amide bonds. The monoisotopic (exact) mass is 384 g/mol. The predicted octanol–water partition coefficient (Wildman–Crippen LogP) is 3.77. The van der Waals surface area contributed by atoms with Crippen LogP contribution in [0.4, 0.5) is 0 Å².